The molecule has 0 amide bonds. The smallest absolute Gasteiger partial charge is 0.122 e. The lowest BCUT2D eigenvalue weighted by molar-refractivity contribution is 0.0943. The Balaban J connectivity index is 1.70. The van der Waals surface area contributed by atoms with E-state index in [1.807, 2.05) is 10.7 Å². The summed E-state index contributed by atoms with van der Waals surface area (Å²) in [5.41, 5.74) is 7.16. The zero-order valence-electron chi connectivity index (χ0n) is 9.56. The Morgan fingerprint density at radius 2 is 2.25 bits per heavy atom. The van der Waals surface area contributed by atoms with Crippen molar-refractivity contribution in [1.29, 1.82) is 0 Å². The topological polar surface area (TPSA) is 53.1 Å². The third-order valence-corrected chi connectivity index (χ3v) is 3.75. The quantitative estimate of drug-likeness (QED) is 0.848. The fourth-order valence-electron chi connectivity index (χ4n) is 2.48. The lowest BCUT2D eigenvalue weighted by Gasteiger charge is -2.22. The average Bonchev–Trinajstić information content (AvgIpc) is 2.76. The number of rotatable bonds is 3. The molecular formula is C12H19N3O. The van der Waals surface area contributed by atoms with Crippen molar-refractivity contribution in [2.75, 3.05) is 12.3 Å². The van der Waals surface area contributed by atoms with Gasteiger partial charge in [0.1, 0.15) is 5.82 Å². The van der Waals surface area contributed by atoms with E-state index >= 15 is 0 Å². The minimum Gasteiger partial charge on any atom is -0.384 e. The molecule has 0 unspecified atom stereocenters. The minimum absolute atomic E-state index is 0.316. The number of ether oxygens (including phenoxy) is 1. The van der Waals surface area contributed by atoms with Crippen molar-refractivity contribution >= 4 is 5.82 Å². The van der Waals surface area contributed by atoms with Gasteiger partial charge in [-0.2, -0.15) is 5.10 Å². The number of nitrogen functional groups attached to an aromatic ring is 1. The Morgan fingerprint density at radius 3 is 2.88 bits per heavy atom. The molecule has 0 bridgehead atoms. The molecule has 16 heavy (non-hydrogen) atoms. The maximum absolute atomic E-state index is 5.98. The second-order valence-corrected chi connectivity index (χ2v) is 4.94. The van der Waals surface area contributed by atoms with E-state index in [9.17, 15) is 0 Å². The molecule has 0 radical (unpaired) electrons. The van der Waals surface area contributed by atoms with Gasteiger partial charge in [0.15, 0.2) is 0 Å². The molecule has 1 aliphatic carbocycles. The Bertz CT molecular complexity index is 364. The van der Waals surface area contributed by atoms with E-state index in [1.54, 1.807) is 0 Å². The van der Waals surface area contributed by atoms with E-state index in [0.29, 0.717) is 12.0 Å². The van der Waals surface area contributed by atoms with E-state index in [-0.39, 0.29) is 0 Å². The third kappa shape index (κ3) is 1.82. The SMILES string of the molecule is Nc1cc(C2CCC2)nn1C[C@@H]1CCCO1. The summed E-state index contributed by atoms with van der Waals surface area (Å²) in [7, 11) is 0. The minimum atomic E-state index is 0.316. The molecule has 1 aromatic rings. The molecule has 0 spiro atoms. The molecule has 88 valence electrons. The maximum Gasteiger partial charge on any atom is 0.122 e. The molecule has 3 rings (SSSR count). The molecule has 1 aromatic heterocycles. The predicted molar refractivity (Wildman–Crippen MR) is 62.2 cm³/mol. The summed E-state index contributed by atoms with van der Waals surface area (Å²) < 4.78 is 7.53. The number of anilines is 1. The number of nitrogens with zero attached hydrogens (tertiary/aromatic N) is 2. The number of nitrogens with two attached hydrogens (primary N) is 1. The van der Waals surface area contributed by atoms with Gasteiger partial charge >= 0.3 is 0 Å². The monoisotopic (exact) mass is 221 g/mol. The van der Waals surface area contributed by atoms with Gasteiger partial charge in [-0.05, 0) is 25.7 Å². The van der Waals surface area contributed by atoms with Gasteiger partial charge in [0.2, 0.25) is 0 Å². The van der Waals surface area contributed by atoms with Crippen molar-refractivity contribution in [2.45, 2.75) is 50.7 Å². The van der Waals surface area contributed by atoms with Crippen LogP contribution in [0, 0.1) is 0 Å². The van der Waals surface area contributed by atoms with E-state index < -0.39 is 0 Å². The lowest BCUT2D eigenvalue weighted by Crippen LogP contribution is -2.18. The van der Waals surface area contributed by atoms with Crippen LogP contribution in [-0.2, 0) is 11.3 Å². The van der Waals surface area contributed by atoms with Crippen LogP contribution in [0.2, 0.25) is 0 Å². The van der Waals surface area contributed by atoms with Crippen LogP contribution < -0.4 is 5.73 Å². The fraction of sp³-hybridized carbons (Fsp3) is 0.750. The highest BCUT2D eigenvalue weighted by Gasteiger charge is 2.24. The first kappa shape index (κ1) is 10.1. The zero-order chi connectivity index (χ0) is 11.0. The summed E-state index contributed by atoms with van der Waals surface area (Å²) in [5, 5.41) is 4.61. The second-order valence-electron chi connectivity index (χ2n) is 4.94. The molecule has 2 N–H and O–H groups in total. The molecular weight excluding hydrogens is 202 g/mol. The Kier molecular flexibility index (Phi) is 2.59. The Morgan fingerprint density at radius 1 is 1.38 bits per heavy atom. The van der Waals surface area contributed by atoms with E-state index in [0.717, 1.165) is 25.4 Å². The van der Waals surface area contributed by atoms with Crippen LogP contribution in [0.4, 0.5) is 5.82 Å². The zero-order valence-corrected chi connectivity index (χ0v) is 9.56. The van der Waals surface area contributed by atoms with Crippen LogP contribution in [0.25, 0.3) is 0 Å². The normalized spacial score (nSPS) is 25.9. The Labute approximate surface area is 95.8 Å². The van der Waals surface area contributed by atoms with Crippen molar-refractivity contribution in [2.24, 2.45) is 0 Å². The summed E-state index contributed by atoms with van der Waals surface area (Å²) in [5.74, 6) is 1.45. The molecule has 2 fully saturated rings. The first-order valence-corrected chi connectivity index (χ1v) is 6.28. The highest BCUT2D eigenvalue weighted by atomic mass is 16.5. The van der Waals surface area contributed by atoms with Crippen molar-refractivity contribution in [3.8, 4) is 0 Å². The van der Waals surface area contributed by atoms with E-state index in [1.165, 1.54) is 31.4 Å². The molecule has 4 heteroatoms. The molecule has 4 nitrogen and oxygen atoms in total. The largest absolute Gasteiger partial charge is 0.384 e. The van der Waals surface area contributed by atoms with Crippen LogP contribution in [0.15, 0.2) is 6.07 Å². The standard InChI is InChI=1S/C12H19N3O/c13-12-7-11(9-3-1-4-9)14-15(12)8-10-5-2-6-16-10/h7,9-10H,1-6,8,13H2/t10-/m0/s1. The molecule has 0 aromatic carbocycles. The van der Waals surface area contributed by atoms with Crippen LogP contribution in [0.3, 0.4) is 0 Å². The van der Waals surface area contributed by atoms with Gasteiger partial charge in [-0.15, -0.1) is 0 Å². The Hall–Kier alpha value is -1.03. The summed E-state index contributed by atoms with van der Waals surface area (Å²) in [6.07, 6.45) is 6.51. The molecule has 2 heterocycles. The van der Waals surface area contributed by atoms with Gasteiger partial charge in [-0.3, -0.25) is 0 Å². The maximum atomic E-state index is 5.98. The van der Waals surface area contributed by atoms with Gasteiger partial charge in [-0.1, -0.05) is 6.42 Å². The van der Waals surface area contributed by atoms with Crippen molar-refractivity contribution in [3.63, 3.8) is 0 Å². The lowest BCUT2D eigenvalue weighted by atomic mass is 9.83. The average molecular weight is 221 g/mol. The predicted octanol–water partition coefficient (Wildman–Crippen LogP) is 1.91. The summed E-state index contributed by atoms with van der Waals surface area (Å²) in [6, 6.07) is 2.04. The third-order valence-electron chi connectivity index (χ3n) is 3.75. The molecule has 2 aliphatic rings. The fourth-order valence-corrected chi connectivity index (χ4v) is 2.48. The molecule has 1 atom stereocenters. The van der Waals surface area contributed by atoms with Crippen molar-refractivity contribution < 1.29 is 4.74 Å². The van der Waals surface area contributed by atoms with E-state index in [2.05, 4.69) is 5.10 Å². The summed E-state index contributed by atoms with van der Waals surface area (Å²) in [4.78, 5) is 0. The number of aromatic nitrogens is 2. The highest BCUT2D eigenvalue weighted by molar-refractivity contribution is 5.33. The molecule has 1 aliphatic heterocycles. The summed E-state index contributed by atoms with van der Waals surface area (Å²) >= 11 is 0. The van der Waals surface area contributed by atoms with E-state index in [4.69, 9.17) is 10.5 Å². The van der Waals surface area contributed by atoms with Gasteiger partial charge in [0.05, 0.1) is 18.3 Å². The van der Waals surface area contributed by atoms with Crippen LogP contribution in [0.1, 0.15) is 43.7 Å². The second kappa shape index (κ2) is 4.09. The summed E-state index contributed by atoms with van der Waals surface area (Å²) in [6.45, 7) is 1.71. The van der Waals surface area contributed by atoms with Gasteiger partial charge in [-0.25, -0.2) is 4.68 Å². The van der Waals surface area contributed by atoms with Crippen LogP contribution in [-0.4, -0.2) is 22.5 Å². The van der Waals surface area contributed by atoms with Crippen LogP contribution >= 0.6 is 0 Å². The van der Waals surface area contributed by atoms with Gasteiger partial charge < -0.3 is 10.5 Å². The van der Waals surface area contributed by atoms with Crippen LogP contribution in [0.5, 0.6) is 0 Å². The van der Waals surface area contributed by atoms with Gasteiger partial charge in [0, 0.05) is 18.6 Å². The molecule has 1 saturated heterocycles. The number of hydrogen-bond donors (Lipinski definition) is 1. The first-order valence-electron chi connectivity index (χ1n) is 6.28. The highest BCUT2D eigenvalue weighted by Crippen LogP contribution is 2.36. The number of hydrogen-bond acceptors (Lipinski definition) is 3. The first-order chi connectivity index (χ1) is 7.83. The van der Waals surface area contributed by atoms with Crippen molar-refractivity contribution in [1.82, 2.24) is 9.78 Å². The van der Waals surface area contributed by atoms with Gasteiger partial charge in [0.25, 0.3) is 0 Å². The molecule has 1 saturated carbocycles. The van der Waals surface area contributed by atoms with Crippen molar-refractivity contribution in [3.05, 3.63) is 11.8 Å².